The monoisotopic (exact) mass is 300 g/mol. The summed E-state index contributed by atoms with van der Waals surface area (Å²) >= 11 is 4.42. The van der Waals surface area contributed by atoms with Crippen molar-refractivity contribution < 1.29 is 20.1 Å². The molecule has 1 saturated heterocycles. The van der Waals surface area contributed by atoms with Crippen LogP contribution in [0.4, 0.5) is 0 Å². The van der Waals surface area contributed by atoms with Crippen LogP contribution in [0.5, 0.6) is 0 Å². The van der Waals surface area contributed by atoms with Gasteiger partial charge in [-0.1, -0.05) is 0 Å². The Labute approximate surface area is 120 Å². The van der Waals surface area contributed by atoms with Crippen LogP contribution in [0, 0.1) is 0 Å². The number of aliphatic hydroxyl groups is 3. The van der Waals surface area contributed by atoms with Crippen LogP contribution in [0.3, 0.4) is 0 Å². The second kappa shape index (κ2) is 4.78. The van der Waals surface area contributed by atoms with Crippen LogP contribution in [0.2, 0.25) is 0 Å². The number of hydrogen-bond donors (Lipinski definition) is 4. The summed E-state index contributed by atoms with van der Waals surface area (Å²) in [5.41, 5.74) is 0.598. The number of amidine groups is 1. The summed E-state index contributed by atoms with van der Waals surface area (Å²) < 4.78 is 5.49. The third-order valence-electron chi connectivity index (χ3n) is 3.63. The Morgan fingerprint density at radius 2 is 2.25 bits per heavy atom. The summed E-state index contributed by atoms with van der Waals surface area (Å²) in [6.07, 6.45) is -2.53. The van der Waals surface area contributed by atoms with E-state index in [1.54, 1.807) is 11.8 Å². The van der Waals surface area contributed by atoms with E-state index in [2.05, 4.69) is 27.6 Å². The molecule has 3 aliphatic heterocycles. The van der Waals surface area contributed by atoms with E-state index in [4.69, 9.17) is 9.84 Å². The topological polar surface area (TPSA) is 110 Å². The van der Waals surface area contributed by atoms with Crippen molar-refractivity contribution in [1.82, 2.24) is 4.90 Å². The average molecular weight is 300 g/mol. The second-order valence-corrected chi connectivity index (χ2v) is 5.94. The van der Waals surface area contributed by atoms with E-state index in [1.165, 1.54) is 6.34 Å². The molecule has 0 saturated carbocycles. The quantitative estimate of drug-likeness (QED) is 0.451. The normalized spacial score (nSPS) is 43.5. The third-order valence-corrected chi connectivity index (χ3v) is 3.95. The first-order valence-corrected chi connectivity index (χ1v) is 6.68. The molecule has 1 fully saturated rings. The van der Waals surface area contributed by atoms with Gasteiger partial charge < -0.3 is 25.0 Å². The van der Waals surface area contributed by atoms with Gasteiger partial charge in [0.15, 0.2) is 12.1 Å². The minimum absolute atomic E-state index is 0.236. The Balaban J connectivity index is 1.85. The molecule has 9 heteroatoms. The molecule has 0 aliphatic carbocycles. The van der Waals surface area contributed by atoms with E-state index in [-0.39, 0.29) is 13.3 Å². The van der Waals surface area contributed by atoms with Crippen molar-refractivity contribution in [2.24, 2.45) is 15.0 Å². The molecular weight excluding hydrogens is 284 g/mol. The van der Waals surface area contributed by atoms with Crippen molar-refractivity contribution in [3.63, 3.8) is 0 Å². The van der Waals surface area contributed by atoms with Crippen LogP contribution >= 0.6 is 12.6 Å². The summed E-state index contributed by atoms with van der Waals surface area (Å²) in [6, 6.07) is 0. The molecule has 3 N–H and O–H groups in total. The zero-order valence-electron chi connectivity index (χ0n) is 10.8. The zero-order valence-corrected chi connectivity index (χ0v) is 11.7. The van der Waals surface area contributed by atoms with Gasteiger partial charge in [0.1, 0.15) is 41.9 Å². The van der Waals surface area contributed by atoms with Crippen LogP contribution in [-0.2, 0) is 4.74 Å². The van der Waals surface area contributed by atoms with Crippen molar-refractivity contribution in [2.45, 2.75) is 36.3 Å². The first-order chi connectivity index (χ1) is 9.45. The fourth-order valence-electron chi connectivity index (χ4n) is 2.51. The van der Waals surface area contributed by atoms with Crippen molar-refractivity contribution in [3.05, 3.63) is 0 Å². The number of thiol groups is 1. The number of ether oxygens (including phenoxy) is 1. The molecule has 0 spiro atoms. The van der Waals surface area contributed by atoms with E-state index in [0.717, 1.165) is 0 Å². The van der Waals surface area contributed by atoms with Crippen molar-refractivity contribution in [2.75, 3.05) is 13.3 Å². The van der Waals surface area contributed by atoms with E-state index < -0.39 is 29.4 Å². The molecule has 8 nitrogen and oxygen atoms in total. The lowest BCUT2D eigenvalue weighted by Crippen LogP contribution is -2.49. The van der Waals surface area contributed by atoms with Crippen LogP contribution in [0.25, 0.3) is 0 Å². The molecule has 5 unspecified atom stereocenters. The molecule has 0 aromatic carbocycles. The van der Waals surface area contributed by atoms with E-state index in [0.29, 0.717) is 11.5 Å². The Hall–Kier alpha value is -1.00. The molecule has 0 aromatic rings. The molecule has 3 aliphatic rings. The van der Waals surface area contributed by atoms with Gasteiger partial charge in [0.2, 0.25) is 0 Å². The molecule has 0 bridgehead atoms. The predicted octanol–water partition coefficient (Wildman–Crippen LogP) is -1.77. The maximum Gasteiger partial charge on any atom is 0.162 e. The minimum atomic E-state index is -1.14. The number of hydrogen-bond acceptors (Lipinski definition) is 9. The molecule has 110 valence electrons. The zero-order chi connectivity index (χ0) is 14.5. The van der Waals surface area contributed by atoms with Gasteiger partial charge in [0.25, 0.3) is 0 Å². The largest absolute Gasteiger partial charge is 0.394 e. The highest BCUT2D eigenvalue weighted by molar-refractivity contribution is 7.83. The summed E-state index contributed by atoms with van der Waals surface area (Å²) in [6.45, 7) is 1.66. The fraction of sp³-hybridized carbons (Fsp3) is 0.727. The molecule has 0 amide bonds. The second-order valence-electron chi connectivity index (χ2n) is 5.06. The Morgan fingerprint density at radius 3 is 2.90 bits per heavy atom. The molecule has 0 aromatic heterocycles. The molecule has 3 heterocycles. The SMILES string of the molecule is CC1(S)N=CN=C2C1=NCN2C1OC(CO)C(O)C1O. The van der Waals surface area contributed by atoms with Gasteiger partial charge >= 0.3 is 0 Å². The van der Waals surface area contributed by atoms with E-state index >= 15 is 0 Å². The smallest absolute Gasteiger partial charge is 0.162 e. The molecular formula is C11H16N4O4S. The van der Waals surface area contributed by atoms with Gasteiger partial charge in [-0.15, -0.1) is 12.6 Å². The number of aliphatic imine (C=N–C) groups is 3. The maximum atomic E-state index is 10.1. The first kappa shape index (κ1) is 14.0. The lowest BCUT2D eigenvalue weighted by Gasteiger charge is -2.30. The highest BCUT2D eigenvalue weighted by Crippen LogP contribution is 2.31. The maximum absolute atomic E-state index is 10.1. The highest BCUT2D eigenvalue weighted by atomic mass is 32.1. The Bertz CT molecular complexity index is 507. The lowest BCUT2D eigenvalue weighted by atomic mass is 10.1. The first-order valence-electron chi connectivity index (χ1n) is 6.24. The van der Waals surface area contributed by atoms with Crippen LogP contribution in [0.15, 0.2) is 15.0 Å². The van der Waals surface area contributed by atoms with Crippen molar-refractivity contribution >= 4 is 30.5 Å². The third kappa shape index (κ3) is 1.97. The average Bonchev–Trinajstić information content (AvgIpc) is 2.94. The summed E-state index contributed by atoms with van der Waals surface area (Å²) in [5, 5.41) is 29.0. The molecule has 5 atom stereocenters. The van der Waals surface area contributed by atoms with Crippen LogP contribution in [0.1, 0.15) is 6.92 Å². The number of nitrogens with zero attached hydrogens (tertiary/aromatic N) is 4. The Kier molecular flexibility index (Phi) is 3.33. The minimum Gasteiger partial charge on any atom is -0.394 e. The summed E-state index contributed by atoms with van der Waals surface area (Å²) in [5.74, 6) is 0.521. The summed E-state index contributed by atoms with van der Waals surface area (Å²) in [4.78, 5) is 13.5. The standard InChI is InChI=1S/C11H16N4O4S/c1-11(20)8-9(12-3-14-11)15(4-13-8)10-7(18)6(17)5(2-16)19-10/h3,5-7,10,16-18,20H,2,4H2,1H3. The van der Waals surface area contributed by atoms with Crippen LogP contribution < -0.4 is 0 Å². The Morgan fingerprint density at radius 1 is 1.50 bits per heavy atom. The van der Waals surface area contributed by atoms with Crippen molar-refractivity contribution in [3.8, 4) is 0 Å². The molecule has 20 heavy (non-hydrogen) atoms. The number of rotatable bonds is 2. The van der Waals surface area contributed by atoms with Crippen molar-refractivity contribution in [1.29, 1.82) is 0 Å². The number of fused-ring (bicyclic) bond motifs is 1. The van der Waals surface area contributed by atoms with Crippen LogP contribution in [-0.4, -0.2) is 80.8 Å². The highest BCUT2D eigenvalue weighted by Gasteiger charge is 2.49. The predicted molar refractivity (Wildman–Crippen MR) is 75.2 cm³/mol. The van der Waals surface area contributed by atoms with Gasteiger partial charge in [-0.3, -0.25) is 4.99 Å². The van der Waals surface area contributed by atoms with Gasteiger partial charge in [-0.05, 0) is 6.92 Å². The number of aliphatic hydroxyl groups excluding tert-OH is 3. The lowest BCUT2D eigenvalue weighted by molar-refractivity contribution is -0.0688. The van der Waals surface area contributed by atoms with Gasteiger partial charge in [0.05, 0.1) is 6.61 Å². The fourth-order valence-corrected chi connectivity index (χ4v) is 2.74. The van der Waals surface area contributed by atoms with Gasteiger partial charge in [-0.2, -0.15) is 0 Å². The van der Waals surface area contributed by atoms with E-state index in [9.17, 15) is 10.2 Å². The molecule has 3 rings (SSSR count). The van der Waals surface area contributed by atoms with Gasteiger partial charge in [0, 0.05) is 0 Å². The van der Waals surface area contributed by atoms with Gasteiger partial charge in [-0.25, -0.2) is 9.98 Å². The molecule has 0 radical (unpaired) electrons. The summed E-state index contributed by atoms with van der Waals surface area (Å²) in [7, 11) is 0. The van der Waals surface area contributed by atoms with E-state index in [1.807, 2.05) is 0 Å².